The maximum Gasteiger partial charge on any atom is 0.269 e. The second-order valence-corrected chi connectivity index (χ2v) is 15.1. The monoisotopic (exact) mass is 901 g/mol. The van der Waals surface area contributed by atoms with Crippen LogP contribution < -0.4 is 25.0 Å². The van der Waals surface area contributed by atoms with Crippen LogP contribution in [0.25, 0.3) is 11.6 Å². The first-order chi connectivity index (χ1) is 32.1. The van der Waals surface area contributed by atoms with Crippen LogP contribution in [0.1, 0.15) is 56.7 Å². The van der Waals surface area contributed by atoms with Crippen LogP contribution in [0.5, 0.6) is 11.5 Å². The molecule has 3 aliphatic heterocycles. The standard InChI is InChI=1S/C48H47N5O13/c54-42(21-23-62-25-26-63-27-28-64-29-30-66-41-10-4-8-38-44(41)48(59)52(47(38)58)40-19-20-43(55)50-45(40)56)49-22-24-65-35-17-13-33(14-18-35)31-51-39-9-2-1-6-36(39)37(46(51)57)7-3-5-32-11-15-34(16-12-32)53(60)61/h1-18,40H,19-31H2,(H,49,54)(H,50,55,56)/b5-3+,37-7+. The van der Waals surface area contributed by atoms with Crippen LogP contribution in [0.2, 0.25) is 0 Å². The highest BCUT2D eigenvalue weighted by Gasteiger charge is 2.46. The van der Waals surface area contributed by atoms with E-state index in [-0.39, 0.29) is 93.3 Å². The van der Waals surface area contributed by atoms with Crippen LogP contribution in [0.3, 0.4) is 0 Å². The molecule has 4 aromatic carbocycles. The van der Waals surface area contributed by atoms with Crippen molar-refractivity contribution in [1.29, 1.82) is 0 Å². The number of carbonyl (C=O) groups is 6. The van der Waals surface area contributed by atoms with E-state index in [0.717, 1.165) is 27.3 Å². The molecular weight excluding hydrogens is 855 g/mol. The first-order valence-electron chi connectivity index (χ1n) is 21.3. The van der Waals surface area contributed by atoms with Crippen LogP contribution >= 0.6 is 0 Å². The molecule has 1 fully saturated rings. The average molecular weight is 902 g/mol. The number of nitrogens with one attached hydrogen (secondary N) is 2. The molecule has 0 saturated carbocycles. The minimum Gasteiger partial charge on any atom is -0.492 e. The number of para-hydroxylation sites is 1. The van der Waals surface area contributed by atoms with Crippen molar-refractivity contribution < 1.29 is 57.4 Å². The van der Waals surface area contributed by atoms with E-state index >= 15 is 0 Å². The lowest BCUT2D eigenvalue weighted by Gasteiger charge is -2.27. The summed E-state index contributed by atoms with van der Waals surface area (Å²) in [4.78, 5) is 89.0. The van der Waals surface area contributed by atoms with Gasteiger partial charge >= 0.3 is 0 Å². The molecule has 2 N–H and O–H groups in total. The number of non-ortho nitro benzene ring substituents is 1. The van der Waals surface area contributed by atoms with E-state index in [1.165, 1.54) is 18.2 Å². The van der Waals surface area contributed by atoms with Crippen molar-refractivity contribution >= 4 is 58.5 Å². The number of carbonyl (C=O) groups excluding carboxylic acids is 6. The zero-order chi connectivity index (χ0) is 46.4. The van der Waals surface area contributed by atoms with Gasteiger partial charge in [0.05, 0.1) is 74.5 Å². The van der Waals surface area contributed by atoms with Crippen molar-refractivity contribution in [2.75, 3.05) is 64.3 Å². The fraction of sp³-hybridized carbons (Fsp3) is 0.292. The summed E-state index contributed by atoms with van der Waals surface area (Å²) in [7, 11) is 0. The van der Waals surface area contributed by atoms with E-state index in [1.807, 2.05) is 48.5 Å². The largest absolute Gasteiger partial charge is 0.492 e. The highest BCUT2D eigenvalue weighted by atomic mass is 16.6. The number of allylic oxidation sites excluding steroid dienone is 2. The van der Waals surface area contributed by atoms with Gasteiger partial charge in [-0.25, -0.2) is 0 Å². The van der Waals surface area contributed by atoms with Gasteiger partial charge in [0.1, 0.15) is 30.8 Å². The molecule has 3 aliphatic rings. The van der Waals surface area contributed by atoms with Gasteiger partial charge < -0.3 is 33.9 Å². The van der Waals surface area contributed by atoms with Gasteiger partial charge in [-0.05, 0) is 66.1 Å². The summed E-state index contributed by atoms with van der Waals surface area (Å²) in [5.41, 5.74) is 4.05. The Balaban J connectivity index is 0.715. The summed E-state index contributed by atoms with van der Waals surface area (Å²) in [6.45, 7) is 2.56. The minimum absolute atomic E-state index is 0.00983. The minimum atomic E-state index is -1.06. The Bertz CT molecular complexity index is 2520. The lowest BCUT2D eigenvalue weighted by Crippen LogP contribution is -2.54. The number of nitrogens with zero attached hydrogens (tertiary/aromatic N) is 3. The van der Waals surface area contributed by atoms with Crippen molar-refractivity contribution in [2.24, 2.45) is 0 Å². The maximum absolute atomic E-state index is 13.6. The van der Waals surface area contributed by atoms with Gasteiger partial charge in [-0.1, -0.05) is 48.6 Å². The van der Waals surface area contributed by atoms with Crippen molar-refractivity contribution in [1.82, 2.24) is 15.5 Å². The third kappa shape index (κ3) is 11.6. The lowest BCUT2D eigenvalue weighted by molar-refractivity contribution is -0.384. The Morgan fingerprint density at radius 2 is 1.45 bits per heavy atom. The number of hydrogen-bond acceptors (Lipinski definition) is 13. The fourth-order valence-electron chi connectivity index (χ4n) is 7.43. The highest BCUT2D eigenvalue weighted by Crippen LogP contribution is 2.38. The summed E-state index contributed by atoms with van der Waals surface area (Å²) in [6, 6.07) is 24.7. The maximum atomic E-state index is 13.6. The highest BCUT2D eigenvalue weighted by molar-refractivity contribution is 6.32. The van der Waals surface area contributed by atoms with Crippen LogP contribution in [0.15, 0.2) is 103 Å². The van der Waals surface area contributed by atoms with E-state index in [9.17, 15) is 38.9 Å². The van der Waals surface area contributed by atoms with Crippen molar-refractivity contribution in [2.45, 2.75) is 31.8 Å². The molecule has 66 heavy (non-hydrogen) atoms. The van der Waals surface area contributed by atoms with Crippen LogP contribution in [-0.2, 0) is 39.9 Å². The Hall–Kier alpha value is -7.54. The van der Waals surface area contributed by atoms with Crippen LogP contribution in [0.4, 0.5) is 11.4 Å². The number of nitro benzene ring substituents is 1. The Morgan fingerprint density at radius 1 is 0.758 bits per heavy atom. The number of hydrogen-bond donors (Lipinski definition) is 2. The summed E-state index contributed by atoms with van der Waals surface area (Å²) in [5.74, 6) is -1.89. The summed E-state index contributed by atoms with van der Waals surface area (Å²) < 4.78 is 28.1. The van der Waals surface area contributed by atoms with E-state index in [2.05, 4.69) is 10.6 Å². The van der Waals surface area contributed by atoms with Gasteiger partial charge in [-0.2, -0.15) is 0 Å². The molecule has 1 saturated heterocycles. The van der Waals surface area contributed by atoms with Gasteiger partial charge in [-0.15, -0.1) is 0 Å². The fourth-order valence-corrected chi connectivity index (χ4v) is 7.43. The zero-order valence-corrected chi connectivity index (χ0v) is 35.8. The predicted octanol–water partition coefficient (Wildman–Crippen LogP) is 4.65. The van der Waals surface area contributed by atoms with Crippen molar-refractivity contribution in [3.05, 3.63) is 141 Å². The molecule has 0 spiro atoms. The van der Waals surface area contributed by atoms with Gasteiger partial charge in [0.25, 0.3) is 23.4 Å². The topological polar surface area (TPSA) is 222 Å². The molecule has 0 aliphatic carbocycles. The molecule has 342 valence electrons. The number of amides is 6. The number of ether oxygens (including phenoxy) is 5. The Morgan fingerprint density at radius 3 is 2.18 bits per heavy atom. The number of anilines is 1. The van der Waals surface area contributed by atoms with E-state index < -0.39 is 34.6 Å². The quantitative estimate of drug-likeness (QED) is 0.0341. The zero-order valence-electron chi connectivity index (χ0n) is 35.8. The van der Waals surface area contributed by atoms with Gasteiger partial charge in [0, 0.05) is 36.1 Å². The van der Waals surface area contributed by atoms with Crippen LogP contribution in [0, 0.1) is 10.1 Å². The molecule has 3 heterocycles. The molecule has 4 aromatic rings. The summed E-state index contributed by atoms with van der Waals surface area (Å²) in [6.07, 6.45) is 5.57. The second-order valence-electron chi connectivity index (χ2n) is 15.1. The number of benzene rings is 4. The molecule has 1 unspecified atom stereocenters. The molecule has 0 radical (unpaired) electrons. The SMILES string of the molecule is O=C(CCOCCOCCOCCOc1cccc2c1C(=O)N(C1CCC(=O)NC1=O)C2=O)NCCOc1ccc(CN2C(=O)/C(=C/C=C/c3ccc([N+](=O)[O-])cc3)c3ccccc32)cc1. The number of piperidine rings is 1. The van der Waals surface area contributed by atoms with E-state index in [4.69, 9.17) is 23.7 Å². The van der Waals surface area contributed by atoms with Crippen LogP contribution in [-0.4, -0.2) is 111 Å². The Labute approximate surface area is 379 Å². The molecule has 6 amide bonds. The molecule has 0 aromatic heterocycles. The Kier molecular flexibility index (Phi) is 15.8. The first-order valence-corrected chi connectivity index (χ1v) is 21.3. The van der Waals surface area contributed by atoms with Gasteiger partial charge in [0.15, 0.2) is 0 Å². The second kappa shape index (κ2) is 22.4. The average Bonchev–Trinajstić information content (AvgIpc) is 3.73. The number of rotatable bonds is 23. The predicted molar refractivity (Wildman–Crippen MR) is 238 cm³/mol. The number of imide groups is 2. The molecule has 18 nitrogen and oxygen atoms in total. The molecule has 7 rings (SSSR count). The first kappa shape index (κ1) is 46.5. The molecular formula is C48H47N5O13. The third-order valence-electron chi connectivity index (χ3n) is 10.7. The summed E-state index contributed by atoms with van der Waals surface area (Å²) in [5, 5.41) is 15.9. The van der Waals surface area contributed by atoms with Gasteiger partial charge in [-0.3, -0.25) is 49.1 Å². The van der Waals surface area contributed by atoms with E-state index in [0.29, 0.717) is 37.6 Å². The number of nitro groups is 1. The third-order valence-corrected chi connectivity index (χ3v) is 10.7. The number of fused-ring (bicyclic) bond motifs is 2. The molecule has 1 atom stereocenters. The van der Waals surface area contributed by atoms with E-state index in [1.54, 1.807) is 47.4 Å². The smallest absolute Gasteiger partial charge is 0.269 e. The van der Waals surface area contributed by atoms with Crippen molar-refractivity contribution in [3.63, 3.8) is 0 Å². The summed E-state index contributed by atoms with van der Waals surface area (Å²) >= 11 is 0. The normalized spacial score (nSPS) is 16.2. The molecule has 18 heteroatoms. The lowest BCUT2D eigenvalue weighted by atomic mass is 10.0. The van der Waals surface area contributed by atoms with Gasteiger partial charge in [0.2, 0.25) is 17.7 Å². The van der Waals surface area contributed by atoms with Crippen molar-refractivity contribution in [3.8, 4) is 11.5 Å². The molecule has 0 bridgehead atoms.